The number of thiophene rings is 1. The molecule has 0 bridgehead atoms. The van der Waals surface area contributed by atoms with Gasteiger partial charge in [0.15, 0.2) is 5.58 Å². The van der Waals surface area contributed by atoms with Crippen molar-refractivity contribution in [3.05, 3.63) is 45.5 Å². The van der Waals surface area contributed by atoms with Gasteiger partial charge in [-0.2, -0.15) is 5.26 Å². The van der Waals surface area contributed by atoms with Gasteiger partial charge in [0.25, 0.3) is 0 Å². The van der Waals surface area contributed by atoms with Crippen molar-refractivity contribution < 1.29 is 9.32 Å². The Kier molecular flexibility index (Phi) is 3.58. The largest absolute Gasteiger partial charge is 0.356 e. The van der Waals surface area contributed by atoms with Crippen LogP contribution in [0.3, 0.4) is 0 Å². The van der Waals surface area contributed by atoms with Gasteiger partial charge in [0.1, 0.15) is 16.8 Å². The lowest BCUT2D eigenvalue weighted by Crippen LogP contribution is -2.14. The van der Waals surface area contributed by atoms with E-state index in [2.05, 4.69) is 16.5 Å². The van der Waals surface area contributed by atoms with E-state index in [0.29, 0.717) is 21.8 Å². The van der Waals surface area contributed by atoms with Gasteiger partial charge in [-0.05, 0) is 43.9 Å². The van der Waals surface area contributed by atoms with E-state index in [0.717, 1.165) is 35.8 Å². The Bertz CT molecular complexity index is 994. The number of aromatic nitrogens is 1. The summed E-state index contributed by atoms with van der Waals surface area (Å²) in [5, 5.41) is 17.8. The first-order valence-corrected chi connectivity index (χ1v) is 8.67. The van der Waals surface area contributed by atoms with Crippen LogP contribution in [0, 0.1) is 18.3 Å². The summed E-state index contributed by atoms with van der Waals surface area (Å²) in [6.07, 6.45) is 3.15. The maximum absolute atomic E-state index is 12.4. The van der Waals surface area contributed by atoms with E-state index in [9.17, 15) is 10.1 Å². The van der Waals surface area contributed by atoms with Gasteiger partial charge < -0.3 is 9.84 Å². The van der Waals surface area contributed by atoms with Crippen molar-refractivity contribution in [3.63, 3.8) is 0 Å². The minimum atomic E-state index is -0.178. The summed E-state index contributed by atoms with van der Waals surface area (Å²) < 4.78 is 5.27. The highest BCUT2D eigenvalue weighted by Gasteiger charge is 2.23. The van der Waals surface area contributed by atoms with Gasteiger partial charge in [0.05, 0.1) is 12.0 Å². The molecule has 2 aromatic heterocycles. The van der Waals surface area contributed by atoms with Gasteiger partial charge in [-0.1, -0.05) is 16.8 Å². The summed E-state index contributed by atoms with van der Waals surface area (Å²) in [6.45, 7) is 1.99. The SMILES string of the molecule is Cc1ccc2onc(CC(=O)Nc3sc4c(c3C#N)CCC4)c2c1. The third-order valence-corrected chi connectivity index (χ3v) is 5.52. The average molecular weight is 337 g/mol. The van der Waals surface area contributed by atoms with E-state index < -0.39 is 0 Å². The van der Waals surface area contributed by atoms with E-state index >= 15 is 0 Å². The second-order valence-corrected chi connectivity index (χ2v) is 7.13. The molecule has 6 heteroatoms. The second kappa shape index (κ2) is 5.77. The normalized spacial score (nSPS) is 13.0. The van der Waals surface area contributed by atoms with Crippen molar-refractivity contribution in [3.8, 4) is 6.07 Å². The Morgan fingerprint density at radius 2 is 2.33 bits per heavy atom. The van der Waals surface area contributed by atoms with Gasteiger partial charge >= 0.3 is 0 Å². The summed E-state index contributed by atoms with van der Waals surface area (Å²) in [6, 6.07) is 8.01. The number of rotatable bonds is 3. The van der Waals surface area contributed by atoms with Crippen molar-refractivity contribution >= 4 is 33.2 Å². The van der Waals surface area contributed by atoms with Crippen molar-refractivity contribution in [2.45, 2.75) is 32.6 Å². The summed E-state index contributed by atoms with van der Waals surface area (Å²) in [7, 11) is 0. The van der Waals surface area contributed by atoms with Gasteiger partial charge in [-0.15, -0.1) is 11.3 Å². The number of carbonyl (C=O) groups is 1. The Morgan fingerprint density at radius 1 is 1.46 bits per heavy atom. The van der Waals surface area contributed by atoms with E-state index in [1.165, 1.54) is 16.2 Å². The predicted molar refractivity (Wildman–Crippen MR) is 92.1 cm³/mol. The number of nitrogens with zero attached hydrogens (tertiary/aromatic N) is 2. The molecule has 1 aromatic carbocycles. The lowest BCUT2D eigenvalue weighted by molar-refractivity contribution is -0.115. The summed E-state index contributed by atoms with van der Waals surface area (Å²) in [4.78, 5) is 13.6. The first-order valence-electron chi connectivity index (χ1n) is 7.85. The van der Waals surface area contributed by atoms with Gasteiger partial charge in [0, 0.05) is 10.3 Å². The number of fused-ring (bicyclic) bond motifs is 2. The Morgan fingerprint density at radius 3 is 3.17 bits per heavy atom. The van der Waals surface area contributed by atoms with E-state index in [1.807, 2.05) is 25.1 Å². The Labute approximate surface area is 142 Å². The number of carbonyl (C=O) groups excluding carboxylic acids is 1. The molecule has 5 nitrogen and oxygen atoms in total. The monoisotopic (exact) mass is 337 g/mol. The zero-order valence-electron chi connectivity index (χ0n) is 13.2. The molecule has 24 heavy (non-hydrogen) atoms. The molecule has 0 fully saturated rings. The van der Waals surface area contributed by atoms with Crippen molar-refractivity contribution in [1.29, 1.82) is 5.26 Å². The first kappa shape index (κ1) is 14.9. The van der Waals surface area contributed by atoms with Crippen LogP contribution >= 0.6 is 11.3 Å². The molecule has 1 N–H and O–H groups in total. The van der Waals surface area contributed by atoms with Crippen LogP contribution in [0.1, 0.15) is 33.7 Å². The van der Waals surface area contributed by atoms with Crippen molar-refractivity contribution in [2.24, 2.45) is 0 Å². The van der Waals surface area contributed by atoms with Crippen molar-refractivity contribution in [2.75, 3.05) is 5.32 Å². The summed E-state index contributed by atoms with van der Waals surface area (Å²) in [5.74, 6) is -0.178. The molecule has 0 unspecified atom stereocenters. The van der Waals surface area contributed by atoms with Crippen LogP contribution in [0.4, 0.5) is 5.00 Å². The van der Waals surface area contributed by atoms with Crippen LogP contribution < -0.4 is 5.32 Å². The fourth-order valence-corrected chi connectivity index (χ4v) is 4.42. The summed E-state index contributed by atoms with van der Waals surface area (Å²) >= 11 is 1.52. The molecule has 0 radical (unpaired) electrons. The molecule has 120 valence electrons. The number of benzene rings is 1. The molecule has 1 aliphatic rings. The lowest BCUT2D eigenvalue weighted by Gasteiger charge is -2.03. The number of nitrogens with one attached hydrogen (secondary N) is 1. The fraction of sp³-hybridized carbons (Fsp3) is 0.278. The third kappa shape index (κ3) is 2.47. The highest BCUT2D eigenvalue weighted by atomic mass is 32.1. The zero-order valence-corrected chi connectivity index (χ0v) is 14.0. The van der Waals surface area contributed by atoms with Gasteiger partial charge in [-0.3, -0.25) is 4.79 Å². The van der Waals surface area contributed by atoms with E-state index in [4.69, 9.17) is 4.52 Å². The standard InChI is InChI=1S/C18H15N3O2S/c1-10-5-6-15-12(7-10)14(21-23-15)8-17(22)20-18-13(9-19)11-3-2-4-16(11)24-18/h5-7H,2-4,8H2,1H3,(H,20,22). The second-order valence-electron chi connectivity index (χ2n) is 6.03. The smallest absolute Gasteiger partial charge is 0.231 e. The minimum absolute atomic E-state index is 0.129. The minimum Gasteiger partial charge on any atom is -0.356 e. The number of nitriles is 1. The van der Waals surface area contributed by atoms with Crippen LogP contribution in [-0.4, -0.2) is 11.1 Å². The lowest BCUT2D eigenvalue weighted by atomic mass is 10.1. The number of hydrogen-bond donors (Lipinski definition) is 1. The van der Waals surface area contributed by atoms with E-state index in [-0.39, 0.29) is 12.3 Å². The molecular formula is C18H15N3O2S. The number of amides is 1. The Balaban J connectivity index is 1.57. The highest BCUT2D eigenvalue weighted by Crippen LogP contribution is 2.38. The predicted octanol–water partition coefficient (Wildman–Crippen LogP) is 3.74. The zero-order chi connectivity index (χ0) is 16.7. The quantitative estimate of drug-likeness (QED) is 0.789. The Hall–Kier alpha value is -2.65. The van der Waals surface area contributed by atoms with Crippen LogP contribution in [0.25, 0.3) is 11.0 Å². The number of hydrogen-bond acceptors (Lipinski definition) is 5. The molecule has 3 aromatic rings. The summed E-state index contributed by atoms with van der Waals surface area (Å²) in [5.41, 5.74) is 4.13. The highest BCUT2D eigenvalue weighted by molar-refractivity contribution is 7.16. The molecule has 0 spiro atoms. The van der Waals surface area contributed by atoms with Crippen LogP contribution in [-0.2, 0) is 24.1 Å². The molecule has 0 aliphatic heterocycles. The van der Waals surface area contributed by atoms with Gasteiger partial charge in [0.2, 0.25) is 5.91 Å². The molecular weight excluding hydrogens is 322 g/mol. The van der Waals surface area contributed by atoms with Crippen LogP contribution in [0.2, 0.25) is 0 Å². The van der Waals surface area contributed by atoms with Crippen LogP contribution in [0.15, 0.2) is 22.7 Å². The first-order chi connectivity index (χ1) is 11.7. The number of aryl methyl sites for hydroxylation is 2. The molecule has 0 saturated carbocycles. The fourth-order valence-electron chi connectivity index (χ4n) is 3.16. The van der Waals surface area contributed by atoms with Gasteiger partial charge in [-0.25, -0.2) is 0 Å². The number of anilines is 1. The third-order valence-electron chi connectivity index (χ3n) is 4.31. The van der Waals surface area contributed by atoms with Crippen molar-refractivity contribution in [1.82, 2.24) is 5.16 Å². The maximum Gasteiger partial charge on any atom is 0.231 e. The molecule has 2 heterocycles. The average Bonchev–Trinajstić information content (AvgIpc) is 3.22. The topological polar surface area (TPSA) is 78.9 Å². The molecule has 4 rings (SSSR count). The molecule has 1 amide bonds. The molecule has 0 atom stereocenters. The maximum atomic E-state index is 12.4. The molecule has 0 saturated heterocycles. The van der Waals surface area contributed by atoms with E-state index in [1.54, 1.807) is 0 Å². The molecule has 1 aliphatic carbocycles. The van der Waals surface area contributed by atoms with Crippen LogP contribution in [0.5, 0.6) is 0 Å².